The van der Waals surface area contributed by atoms with Gasteiger partial charge in [-0.3, -0.25) is 0 Å². The molecule has 0 bridgehead atoms. The van der Waals surface area contributed by atoms with Crippen LogP contribution in [-0.2, 0) is 0 Å². The summed E-state index contributed by atoms with van der Waals surface area (Å²) in [4.78, 5) is 2.14. The zero-order chi connectivity index (χ0) is 17.9. The van der Waals surface area contributed by atoms with Gasteiger partial charge in [-0.2, -0.15) is 0 Å². The van der Waals surface area contributed by atoms with Gasteiger partial charge in [0.05, 0.1) is 16.3 Å². The predicted octanol–water partition coefficient (Wildman–Crippen LogP) is 4.30. The Morgan fingerprint density at radius 2 is 2.00 bits per heavy atom. The van der Waals surface area contributed by atoms with E-state index in [4.69, 9.17) is 16.2 Å². The zero-order valence-corrected chi connectivity index (χ0v) is 15.7. The Labute approximate surface area is 154 Å². The number of benzene rings is 2. The van der Waals surface area contributed by atoms with Crippen LogP contribution in [0, 0.1) is 0 Å². The van der Waals surface area contributed by atoms with Gasteiger partial charge in [-0.15, -0.1) is 0 Å². The van der Waals surface area contributed by atoms with Crippen molar-refractivity contribution in [3.63, 3.8) is 0 Å². The maximum Gasteiger partial charge on any atom is 0.134 e. The third kappa shape index (κ3) is 4.05. The first-order valence-electron chi connectivity index (χ1n) is 8.86. The fraction of sp³-hybridized carbons (Fsp3) is 0.400. The summed E-state index contributed by atoms with van der Waals surface area (Å²) in [6.45, 7) is 5.47. The quantitative estimate of drug-likeness (QED) is 0.672. The molecule has 2 aromatic carbocycles. The summed E-state index contributed by atoms with van der Waals surface area (Å²) in [6, 6.07) is 14.3. The van der Waals surface area contributed by atoms with Crippen molar-refractivity contribution >= 4 is 23.1 Å². The molecule has 0 saturated carbocycles. The van der Waals surface area contributed by atoms with E-state index >= 15 is 0 Å². The molecule has 1 fully saturated rings. The van der Waals surface area contributed by atoms with Gasteiger partial charge in [0.25, 0.3) is 0 Å². The van der Waals surface area contributed by atoms with Crippen LogP contribution in [0.2, 0.25) is 0 Å². The summed E-state index contributed by atoms with van der Waals surface area (Å²) in [5.41, 5.74) is 12.8. The van der Waals surface area contributed by atoms with Gasteiger partial charge in [-0.1, -0.05) is 30.8 Å². The largest absolute Gasteiger partial charge is 0.485 e. The first-order valence-corrected chi connectivity index (χ1v) is 9.68. The Morgan fingerprint density at radius 3 is 2.68 bits per heavy atom. The van der Waals surface area contributed by atoms with Crippen LogP contribution in [0.3, 0.4) is 0 Å². The van der Waals surface area contributed by atoms with Gasteiger partial charge < -0.3 is 21.5 Å². The van der Waals surface area contributed by atoms with Crippen LogP contribution in [0.5, 0.6) is 5.75 Å². The predicted molar refractivity (Wildman–Crippen MR) is 106 cm³/mol. The first kappa shape index (κ1) is 18.0. The standard InChI is InChI=1S/C20H27N3OS/c1-3-20(2,19-9-6-12-23-19)24-17-7-4-5-8-18(17)25-14-10-11-15(21)16(22)13-14/h4-5,7-8,10-11,13,19,23H,3,6,9,12,21-22H2,1-2H3. The minimum atomic E-state index is -0.215. The van der Waals surface area contributed by atoms with Crippen LogP contribution in [0.4, 0.5) is 11.4 Å². The fourth-order valence-electron chi connectivity index (χ4n) is 3.21. The average molecular weight is 358 g/mol. The number of nitrogen functional groups attached to an aromatic ring is 2. The molecule has 2 atom stereocenters. The van der Waals surface area contributed by atoms with Crippen molar-refractivity contribution in [2.75, 3.05) is 18.0 Å². The van der Waals surface area contributed by atoms with E-state index in [-0.39, 0.29) is 5.60 Å². The minimum absolute atomic E-state index is 0.215. The molecule has 5 N–H and O–H groups in total. The summed E-state index contributed by atoms with van der Waals surface area (Å²) < 4.78 is 6.55. The van der Waals surface area contributed by atoms with E-state index in [2.05, 4.69) is 25.2 Å². The SMILES string of the molecule is CCC(C)(Oc1ccccc1Sc1ccc(N)c(N)c1)C1CCCN1. The van der Waals surface area contributed by atoms with Crippen LogP contribution >= 0.6 is 11.8 Å². The van der Waals surface area contributed by atoms with E-state index in [1.807, 2.05) is 36.4 Å². The molecule has 4 nitrogen and oxygen atoms in total. The fourth-order valence-corrected chi connectivity index (χ4v) is 4.14. The lowest BCUT2D eigenvalue weighted by atomic mass is 9.92. The molecule has 0 aromatic heterocycles. The van der Waals surface area contributed by atoms with Crippen LogP contribution in [0.15, 0.2) is 52.3 Å². The number of ether oxygens (including phenoxy) is 1. The lowest BCUT2D eigenvalue weighted by Crippen LogP contribution is -2.49. The number of rotatable bonds is 6. The molecule has 1 saturated heterocycles. The molecular formula is C20H27N3OS. The third-order valence-corrected chi connectivity index (χ3v) is 6.02. The summed E-state index contributed by atoms with van der Waals surface area (Å²) in [7, 11) is 0. The number of hydrogen-bond donors (Lipinski definition) is 3. The van der Waals surface area contributed by atoms with Crippen molar-refractivity contribution in [2.24, 2.45) is 0 Å². The van der Waals surface area contributed by atoms with Crippen molar-refractivity contribution in [3.05, 3.63) is 42.5 Å². The topological polar surface area (TPSA) is 73.3 Å². The Balaban J connectivity index is 1.83. The van der Waals surface area contributed by atoms with E-state index in [1.54, 1.807) is 11.8 Å². The normalized spacial score (nSPS) is 19.5. The zero-order valence-electron chi connectivity index (χ0n) is 14.9. The van der Waals surface area contributed by atoms with Gasteiger partial charge >= 0.3 is 0 Å². The van der Waals surface area contributed by atoms with Gasteiger partial charge in [0.2, 0.25) is 0 Å². The van der Waals surface area contributed by atoms with E-state index in [9.17, 15) is 0 Å². The highest BCUT2D eigenvalue weighted by atomic mass is 32.2. The Hall–Kier alpha value is -1.85. The molecule has 2 unspecified atom stereocenters. The van der Waals surface area contributed by atoms with Gasteiger partial charge in [0.1, 0.15) is 11.4 Å². The summed E-state index contributed by atoms with van der Waals surface area (Å²) in [5, 5.41) is 3.59. The molecule has 25 heavy (non-hydrogen) atoms. The maximum atomic E-state index is 6.55. The molecule has 0 amide bonds. The van der Waals surface area contributed by atoms with Crippen molar-refractivity contribution < 1.29 is 4.74 Å². The number of hydrogen-bond acceptors (Lipinski definition) is 5. The molecule has 1 heterocycles. The summed E-state index contributed by atoms with van der Waals surface area (Å²) >= 11 is 1.65. The van der Waals surface area contributed by atoms with Crippen LogP contribution in [0.25, 0.3) is 0 Å². The third-order valence-electron chi connectivity index (χ3n) is 4.98. The molecule has 0 radical (unpaired) electrons. The van der Waals surface area contributed by atoms with Gasteiger partial charge in [0.15, 0.2) is 0 Å². The number of anilines is 2. The van der Waals surface area contributed by atoms with E-state index < -0.39 is 0 Å². The smallest absolute Gasteiger partial charge is 0.134 e. The monoisotopic (exact) mass is 357 g/mol. The highest BCUT2D eigenvalue weighted by Crippen LogP contribution is 2.39. The lowest BCUT2D eigenvalue weighted by molar-refractivity contribution is 0.0460. The number of nitrogens with two attached hydrogens (primary N) is 2. The maximum absolute atomic E-state index is 6.55. The van der Waals surface area contributed by atoms with Gasteiger partial charge in [-0.25, -0.2) is 0 Å². The summed E-state index contributed by atoms with van der Waals surface area (Å²) in [6.07, 6.45) is 3.33. The van der Waals surface area contributed by atoms with Crippen LogP contribution in [-0.4, -0.2) is 18.2 Å². The highest BCUT2D eigenvalue weighted by Gasteiger charge is 2.37. The highest BCUT2D eigenvalue weighted by molar-refractivity contribution is 7.99. The van der Waals surface area contributed by atoms with Gasteiger partial charge in [0, 0.05) is 10.9 Å². The Bertz CT molecular complexity index is 731. The summed E-state index contributed by atoms with van der Waals surface area (Å²) in [5.74, 6) is 0.918. The second-order valence-electron chi connectivity index (χ2n) is 6.76. The Morgan fingerprint density at radius 1 is 1.20 bits per heavy atom. The van der Waals surface area contributed by atoms with Crippen LogP contribution in [0.1, 0.15) is 33.1 Å². The molecule has 1 aliphatic rings. The van der Waals surface area contributed by atoms with E-state index in [0.29, 0.717) is 17.4 Å². The van der Waals surface area contributed by atoms with Crippen LogP contribution < -0.4 is 21.5 Å². The van der Waals surface area contributed by atoms with Crippen molar-refractivity contribution in [1.29, 1.82) is 0 Å². The van der Waals surface area contributed by atoms with E-state index in [1.165, 1.54) is 6.42 Å². The van der Waals surface area contributed by atoms with Crippen molar-refractivity contribution in [2.45, 2.75) is 54.5 Å². The molecular weight excluding hydrogens is 330 g/mol. The second kappa shape index (κ2) is 7.58. The number of para-hydroxylation sites is 1. The van der Waals surface area contributed by atoms with E-state index in [0.717, 1.165) is 34.9 Å². The molecule has 1 aliphatic heterocycles. The van der Waals surface area contributed by atoms with Gasteiger partial charge in [-0.05, 0) is 63.1 Å². The average Bonchev–Trinajstić information content (AvgIpc) is 3.15. The second-order valence-corrected chi connectivity index (χ2v) is 7.87. The molecule has 0 spiro atoms. The molecule has 5 heteroatoms. The number of nitrogens with one attached hydrogen (secondary N) is 1. The minimum Gasteiger partial charge on any atom is -0.485 e. The lowest BCUT2D eigenvalue weighted by Gasteiger charge is -2.36. The van der Waals surface area contributed by atoms with Crippen molar-refractivity contribution in [1.82, 2.24) is 5.32 Å². The molecule has 2 aromatic rings. The van der Waals surface area contributed by atoms with Crippen molar-refractivity contribution in [3.8, 4) is 5.75 Å². The first-order chi connectivity index (χ1) is 12.0. The molecule has 134 valence electrons. The molecule has 3 rings (SSSR count). The Kier molecular flexibility index (Phi) is 5.45. The molecule has 0 aliphatic carbocycles.